The molecular weight excluding hydrogens is 258 g/mol. The predicted octanol–water partition coefficient (Wildman–Crippen LogP) is 3.43. The number of fused-ring (bicyclic) bond motifs is 1. The maximum absolute atomic E-state index is 6.53. The number of benzene rings is 1. The van der Waals surface area contributed by atoms with Gasteiger partial charge in [0, 0.05) is 24.0 Å². The summed E-state index contributed by atoms with van der Waals surface area (Å²) in [6.07, 6.45) is 6.87. The average Bonchev–Trinajstić information content (AvgIpc) is 2.66. The average molecular weight is 278 g/mol. The number of aryl methyl sites for hydroxylation is 1. The van der Waals surface area contributed by atoms with Gasteiger partial charge in [0.25, 0.3) is 0 Å². The molecule has 0 spiro atoms. The summed E-state index contributed by atoms with van der Waals surface area (Å²) in [4.78, 5) is 4.71. The van der Waals surface area contributed by atoms with Crippen LogP contribution in [0.25, 0.3) is 11.0 Å². The van der Waals surface area contributed by atoms with Crippen LogP contribution in [0.1, 0.15) is 37.9 Å². The molecule has 0 aliphatic heterocycles. The van der Waals surface area contributed by atoms with Crippen molar-refractivity contribution >= 4 is 22.6 Å². The molecule has 19 heavy (non-hydrogen) atoms. The fraction of sp³-hybridized carbons (Fsp3) is 0.533. The number of nitrogens with two attached hydrogens (primary N) is 1. The number of hydrogen-bond donors (Lipinski definition) is 1. The summed E-state index contributed by atoms with van der Waals surface area (Å²) in [5.74, 6) is 1.07. The van der Waals surface area contributed by atoms with Gasteiger partial charge in [-0.2, -0.15) is 0 Å². The first-order valence-corrected chi connectivity index (χ1v) is 7.35. The van der Waals surface area contributed by atoms with Crippen LogP contribution < -0.4 is 5.73 Å². The molecule has 1 heterocycles. The molecular formula is C15H20ClN3. The number of halogens is 1. The van der Waals surface area contributed by atoms with Crippen LogP contribution in [-0.4, -0.2) is 15.1 Å². The first-order chi connectivity index (χ1) is 9.07. The summed E-state index contributed by atoms with van der Waals surface area (Å²) in [6.45, 7) is 0. The van der Waals surface area contributed by atoms with E-state index in [-0.39, 0.29) is 5.54 Å². The summed E-state index contributed by atoms with van der Waals surface area (Å²) in [5, 5.41) is 0.734. The minimum atomic E-state index is -0.0722. The van der Waals surface area contributed by atoms with E-state index in [1.165, 1.54) is 19.3 Å². The van der Waals surface area contributed by atoms with Gasteiger partial charge >= 0.3 is 0 Å². The molecule has 0 radical (unpaired) electrons. The Hall–Kier alpha value is -1.06. The molecule has 1 saturated carbocycles. The molecule has 1 aliphatic carbocycles. The summed E-state index contributed by atoms with van der Waals surface area (Å²) in [7, 11) is 2.06. The van der Waals surface area contributed by atoms with E-state index in [2.05, 4.69) is 11.6 Å². The number of nitrogens with zero attached hydrogens (tertiary/aromatic N) is 2. The fourth-order valence-corrected chi connectivity index (χ4v) is 3.29. The molecule has 1 fully saturated rings. The van der Waals surface area contributed by atoms with E-state index in [9.17, 15) is 0 Å². The van der Waals surface area contributed by atoms with Crippen LogP contribution in [0.3, 0.4) is 0 Å². The smallest absolute Gasteiger partial charge is 0.111 e. The van der Waals surface area contributed by atoms with Gasteiger partial charge in [-0.05, 0) is 31.0 Å². The maximum Gasteiger partial charge on any atom is 0.111 e. The second-order valence-corrected chi connectivity index (χ2v) is 6.26. The molecule has 1 aliphatic rings. The second kappa shape index (κ2) is 4.80. The third kappa shape index (κ3) is 2.49. The topological polar surface area (TPSA) is 43.8 Å². The Kier molecular flexibility index (Phi) is 3.27. The Bertz CT molecular complexity index is 597. The molecule has 0 saturated heterocycles. The zero-order valence-corrected chi connectivity index (χ0v) is 12.1. The standard InChI is InChI=1S/C15H20ClN3/c1-19-13-6-5-11(16)9-12(13)18-14(19)10-15(17)7-3-2-4-8-15/h5-6,9H,2-4,7-8,10,17H2,1H3. The monoisotopic (exact) mass is 277 g/mol. The van der Waals surface area contributed by atoms with Crippen LogP contribution >= 0.6 is 11.6 Å². The van der Waals surface area contributed by atoms with Crippen LogP contribution in [0.5, 0.6) is 0 Å². The van der Waals surface area contributed by atoms with Crippen molar-refractivity contribution in [3.05, 3.63) is 29.0 Å². The Balaban J connectivity index is 1.94. The van der Waals surface area contributed by atoms with E-state index in [1.807, 2.05) is 18.2 Å². The van der Waals surface area contributed by atoms with Crippen molar-refractivity contribution < 1.29 is 0 Å². The number of hydrogen-bond acceptors (Lipinski definition) is 2. The zero-order valence-electron chi connectivity index (χ0n) is 11.3. The fourth-order valence-electron chi connectivity index (χ4n) is 3.13. The first kappa shape index (κ1) is 12.9. The predicted molar refractivity (Wildman–Crippen MR) is 79.4 cm³/mol. The van der Waals surface area contributed by atoms with E-state index >= 15 is 0 Å². The van der Waals surface area contributed by atoms with Gasteiger partial charge in [0.1, 0.15) is 5.82 Å². The summed E-state index contributed by atoms with van der Waals surface area (Å²) in [6, 6.07) is 5.86. The highest BCUT2D eigenvalue weighted by Crippen LogP contribution is 2.30. The van der Waals surface area contributed by atoms with E-state index in [0.29, 0.717) is 0 Å². The van der Waals surface area contributed by atoms with Gasteiger partial charge < -0.3 is 10.3 Å². The number of rotatable bonds is 2. The van der Waals surface area contributed by atoms with Crippen LogP contribution in [0.2, 0.25) is 5.02 Å². The second-order valence-electron chi connectivity index (χ2n) is 5.82. The van der Waals surface area contributed by atoms with Gasteiger partial charge in [0.2, 0.25) is 0 Å². The van der Waals surface area contributed by atoms with Crippen molar-refractivity contribution in [3.8, 4) is 0 Å². The minimum absolute atomic E-state index is 0.0722. The normalized spacial score (nSPS) is 18.9. The highest BCUT2D eigenvalue weighted by molar-refractivity contribution is 6.31. The maximum atomic E-state index is 6.53. The molecule has 0 bridgehead atoms. The molecule has 1 aromatic carbocycles. The van der Waals surface area contributed by atoms with Gasteiger partial charge in [0.05, 0.1) is 11.0 Å². The molecule has 3 nitrogen and oxygen atoms in total. The molecule has 4 heteroatoms. The van der Waals surface area contributed by atoms with Gasteiger partial charge in [-0.3, -0.25) is 0 Å². The minimum Gasteiger partial charge on any atom is -0.331 e. The quantitative estimate of drug-likeness (QED) is 0.914. The molecule has 0 unspecified atom stereocenters. The van der Waals surface area contributed by atoms with Crippen molar-refractivity contribution in [2.24, 2.45) is 12.8 Å². The largest absolute Gasteiger partial charge is 0.331 e. The molecule has 0 amide bonds. The lowest BCUT2D eigenvalue weighted by atomic mass is 9.80. The molecule has 1 aromatic heterocycles. The third-order valence-corrected chi connectivity index (χ3v) is 4.53. The van der Waals surface area contributed by atoms with Crippen molar-refractivity contribution in [2.75, 3.05) is 0 Å². The van der Waals surface area contributed by atoms with E-state index < -0.39 is 0 Å². The van der Waals surface area contributed by atoms with Crippen molar-refractivity contribution in [1.29, 1.82) is 0 Å². The van der Waals surface area contributed by atoms with E-state index in [1.54, 1.807) is 0 Å². The van der Waals surface area contributed by atoms with Crippen LogP contribution in [0, 0.1) is 0 Å². The van der Waals surface area contributed by atoms with Crippen LogP contribution in [0.4, 0.5) is 0 Å². The SMILES string of the molecule is Cn1c(CC2(N)CCCCC2)nc2cc(Cl)ccc21. The van der Waals surface area contributed by atoms with Gasteiger partial charge in [0.15, 0.2) is 0 Å². The van der Waals surface area contributed by atoms with Gasteiger partial charge in [-0.1, -0.05) is 30.9 Å². The van der Waals surface area contributed by atoms with E-state index in [4.69, 9.17) is 22.3 Å². The first-order valence-electron chi connectivity index (χ1n) is 6.97. The van der Waals surface area contributed by atoms with E-state index in [0.717, 1.165) is 41.1 Å². The Morgan fingerprint density at radius 1 is 1.32 bits per heavy atom. The van der Waals surface area contributed by atoms with Crippen LogP contribution in [-0.2, 0) is 13.5 Å². The zero-order chi connectivity index (χ0) is 13.5. The molecule has 102 valence electrons. The lowest BCUT2D eigenvalue weighted by Crippen LogP contribution is -2.44. The van der Waals surface area contributed by atoms with Crippen molar-refractivity contribution in [3.63, 3.8) is 0 Å². The van der Waals surface area contributed by atoms with Crippen molar-refractivity contribution in [1.82, 2.24) is 9.55 Å². The van der Waals surface area contributed by atoms with Crippen LogP contribution in [0.15, 0.2) is 18.2 Å². The molecule has 2 N–H and O–H groups in total. The van der Waals surface area contributed by atoms with Crippen molar-refractivity contribution in [2.45, 2.75) is 44.1 Å². The highest BCUT2D eigenvalue weighted by atomic mass is 35.5. The number of aromatic nitrogens is 2. The van der Waals surface area contributed by atoms with Gasteiger partial charge in [-0.15, -0.1) is 0 Å². The lowest BCUT2D eigenvalue weighted by molar-refractivity contribution is 0.288. The highest BCUT2D eigenvalue weighted by Gasteiger charge is 2.29. The Morgan fingerprint density at radius 3 is 2.79 bits per heavy atom. The molecule has 0 atom stereocenters. The number of imidazole rings is 1. The van der Waals surface area contributed by atoms with Gasteiger partial charge in [-0.25, -0.2) is 4.98 Å². The Morgan fingerprint density at radius 2 is 2.05 bits per heavy atom. The molecule has 3 rings (SSSR count). The molecule has 2 aromatic rings. The third-order valence-electron chi connectivity index (χ3n) is 4.30. The Labute approximate surface area is 118 Å². The summed E-state index contributed by atoms with van der Waals surface area (Å²) >= 11 is 6.03. The summed E-state index contributed by atoms with van der Waals surface area (Å²) in [5.41, 5.74) is 8.55. The lowest BCUT2D eigenvalue weighted by Gasteiger charge is -2.33. The summed E-state index contributed by atoms with van der Waals surface area (Å²) < 4.78 is 2.15.